The molecule has 0 amide bonds. The number of nitrogens with zero attached hydrogens (tertiary/aromatic N) is 1. The zero-order chi connectivity index (χ0) is 11.8. The van der Waals surface area contributed by atoms with E-state index in [1.54, 1.807) is 6.21 Å². The van der Waals surface area contributed by atoms with Crippen molar-refractivity contribution in [1.82, 2.24) is 0 Å². The van der Waals surface area contributed by atoms with Crippen LogP contribution in [0.25, 0.3) is 17.0 Å². The molecule has 3 heteroatoms. The van der Waals surface area contributed by atoms with E-state index in [2.05, 4.69) is 30.2 Å². The van der Waals surface area contributed by atoms with Crippen molar-refractivity contribution < 1.29 is 4.42 Å². The summed E-state index contributed by atoms with van der Waals surface area (Å²) in [6.45, 7) is 2.22. The third kappa shape index (κ3) is 1.46. The van der Waals surface area contributed by atoms with Gasteiger partial charge in [-0.3, -0.25) is 0 Å². The van der Waals surface area contributed by atoms with Crippen LogP contribution >= 0.6 is 0 Å². The van der Waals surface area contributed by atoms with Gasteiger partial charge >= 0.3 is 0 Å². The number of nitrogens with two attached hydrogens (primary N) is 1. The highest BCUT2D eigenvalue weighted by atomic mass is 16.3. The van der Waals surface area contributed by atoms with Crippen LogP contribution in [0.1, 0.15) is 36.1 Å². The number of hydrazone groups is 1. The fourth-order valence-electron chi connectivity index (χ4n) is 2.49. The van der Waals surface area contributed by atoms with E-state index in [9.17, 15) is 0 Å². The molecular weight excluding hydrogens is 212 g/mol. The molecule has 1 aromatic carbocycles. The summed E-state index contributed by atoms with van der Waals surface area (Å²) in [5.74, 6) is 6.69. The van der Waals surface area contributed by atoms with Crippen molar-refractivity contribution in [3.8, 4) is 0 Å². The fourth-order valence-corrected chi connectivity index (χ4v) is 2.49. The molecule has 1 heterocycles. The molecule has 1 unspecified atom stereocenters. The molecule has 0 bridgehead atoms. The van der Waals surface area contributed by atoms with Gasteiger partial charge in [0.05, 0.1) is 6.21 Å². The molecule has 1 aromatic heterocycles. The molecule has 1 aliphatic rings. The third-order valence-electron chi connectivity index (χ3n) is 3.28. The summed E-state index contributed by atoms with van der Waals surface area (Å²) >= 11 is 0. The number of fused-ring (bicyclic) bond motifs is 3. The monoisotopic (exact) mass is 226 g/mol. The van der Waals surface area contributed by atoms with Crippen molar-refractivity contribution in [3.63, 3.8) is 0 Å². The lowest BCUT2D eigenvalue weighted by atomic mass is 9.90. The van der Waals surface area contributed by atoms with Crippen LogP contribution in [0.4, 0.5) is 0 Å². The summed E-state index contributed by atoms with van der Waals surface area (Å²) in [4.78, 5) is 0. The predicted molar refractivity (Wildman–Crippen MR) is 70.1 cm³/mol. The number of allylic oxidation sites excluding steroid dienone is 1. The van der Waals surface area contributed by atoms with Gasteiger partial charge in [0.2, 0.25) is 0 Å². The molecule has 2 N–H and O–H groups in total. The van der Waals surface area contributed by atoms with Crippen molar-refractivity contribution in [2.75, 3.05) is 0 Å². The lowest BCUT2D eigenvalue weighted by molar-refractivity contribution is 0.586. The normalized spacial score (nSPS) is 19.0. The molecule has 0 radical (unpaired) electrons. The second kappa shape index (κ2) is 3.77. The molecule has 1 aliphatic carbocycles. The molecule has 1 atom stereocenters. The highest BCUT2D eigenvalue weighted by Gasteiger charge is 2.21. The Balaban J connectivity index is 2.35. The SMILES string of the molecule is CC1CC=Cc2oc3c(/C=N/N)cccc3c21. The van der Waals surface area contributed by atoms with Gasteiger partial charge in [0, 0.05) is 16.5 Å². The van der Waals surface area contributed by atoms with E-state index in [0.717, 1.165) is 23.3 Å². The number of rotatable bonds is 1. The van der Waals surface area contributed by atoms with E-state index >= 15 is 0 Å². The molecular formula is C14H14N2O. The van der Waals surface area contributed by atoms with E-state index in [-0.39, 0.29) is 0 Å². The minimum absolute atomic E-state index is 0.501. The molecule has 0 aliphatic heterocycles. The number of hydrogen-bond acceptors (Lipinski definition) is 3. The summed E-state index contributed by atoms with van der Waals surface area (Å²) in [6.07, 6.45) is 6.91. The maximum atomic E-state index is 5.91. The second-order valence-electron chi connectivity index (χ2n) is 4.42. The maximum absolute atomic E-state index is 5.91. The Morgan fingerprint density at radius 2 is 2.35 bits per heavy atom. The van der Waals surface area contributed by atoms with E-state index in [1.165, 1.54) is 10.9 Å². The van der Waals surface area contributed by atoms with Crippen LogP contribution in [0, 0.1) is 0 Å². The van der Waals surface area contributed by atoms with Gasteiger partial charge in [0.1, 0.15) is 11.3 Å². The molecule has 0 saturated heterocycles. The standard InChI is InChI=1S/C14H14N2O/c1-9-4-2-7-12-13(9)11-6-3-5-10(8-16-15)14(11)17-12/h2-3,5-9H,4,15H2,1H3/b16-8+. The Kier molecular flexibility index (Phi) is 2.25. The minimum Gasteiger partial charge on any atom is -0.456 e. The first-order valence-electron chi connectivity index (χ1n) is 5.76. The van der Waals surface area contributed by atoms with Gasteiger partial charge in [0.15, 0.2) is 0 Å². The first-order chi connectivity index (χ1) is 8.31. The summed E-state index contributed by atoms with van der Waals surface area (Å²) < 4.78 is 5.91. The minimum atomic E-state index is 0.501. The van der Waals surface area contributed by atoms with Crippen LogP contribution in [0.5, 0.6) is 0 Å². The summed E-state index contributed by atoms with van der Waals surface area (Å²) in [5, 5.41) is 4.75. The van der Waals surface area contributed by atoms with Gasteiger partial charge in [-0.1, -0.05) is 25.1 Å². The van der Waals surface area contributed by atoms with Crippen molar-refractivity contribution in [2.24, 2.45) is 10.9 Å². The highest BCUT2D eigenvalue weighted by Crippen LogP contribution is 2.38. The van der Waals surface area contributed by atoms with E-state index in [0.29, 0.717) is 5.92 Å². The van der Waals surface area contributed by atoms with Crippen LogP contribution in [-0.4, -0.2) is 6.21 Å². The molecule has 0 fully saturated rings. The Labute approximate surface area is 99.6 Å². The Morgan fingerprint density at radius 3 is 3.18 bits per heavy atom. The second-order valence-corrected chi connectivity index (χ2v) is 4.42. The maximum Gasteiger partial charge on any atom is 0.143 e. The smallest absolute Gasteiger partial charge is 0.143 e. The number of benzene rings is 1. The summed E-state index contributed by atoms with van der Waals surface area (Å²) in [7, 11) is 0. The van der Waals surface area contributed by atoms with Crippen molar-refractivity contribution >= 4 is 23.3 Å². The largest absolute Gasteiger partial charge is 0.456 e. The van der Waals surface area contributed by atoms with Crippen LogP contribution in [-0.2, 0) is 0 Å². The summed E-state index contributed by atoms with van der Waals surface area (Å²) in [5.41, 5.74) is 3.11. The lowest BCUT2D eigenvalue weighted by Gasteiger charge is -2.12. The van der Waals surface area contributed by atoms with Gasteiger partial charge < -0.3 is 10.3 Å². The first kappa shape index (κ1) is 10.1. The Bertz CT molecular complexity index is 622. The van der Waals surface area contributed by atoms with E-state index < -0.39 is 0 Å². The van der Waals surface area contributed by atoms with Crippen molar-refractivity contribution in [1.29, 1.82) is 0 Å². The summed E-state index contributed by atoms with van der Waals surface area (Å²) in [6, 6.07) is 6.07. The number of para-hydroxylation sites is 1. The zero-order valence-corrected chi connectivity index (χ0v) is 9.68. The average Bonchev–Trinajstić information content (AvgIpc) is 2.70. The number of hydrogen-bond donors (Lipinski definition) is 1. The molecule has 3 nitrogen and oxygen atoms in total. The molecule has 0 spiro atoms. The Hall–Kier alpha value is -2.03. The highest BCUT2D eigenvalue weighted by molar-refractivity contribution is 5.99. The van der Waals surface area contributed by atoms with Crippen LogP contribution in [0.15, 0.2) is 33.8 Å². The molecule has 3 rings (SSSR count). The van der Waals surface area contributed by atoms with Gasteiger partial charge in [-0.05, 0) is 24.5 Å². The number of furan rings is 1. The first-order valence-corrected chi connectivity index (χ1v) is 5.76. The third-order valence-corrected chi connectivity index (χ3v) is 3.28. The molecule has 0 saturated carbocycles. The van der Waals surface area contributed by atoms with Gasteiger partial charge in [-0.2, -0.15) is 5.10 Å². The fraction of sp³-hybridized carbons (Fsp3) is 0.214. The van der Waals surface area contributed by atoms with Crippen LogP contribution < -0.4 is 5.84 Å². The van der Waals surface area contributed by atoms with E-state index in [4.69, 9.17) is 10.3 Å². The van der Waals surface area contributed by atoms with Crippen LogP contribution in [0.3, 0.4) is 0 Å². The lowest BCUT2D eigenvalue weighted by Crippen LogP contribution is -1.96. The molecule has 86 valence electrons. The molecule has 2 aromatic rings. The van der Waals surface area contributed by atoms with Gasteiger partial charge in [-0.15, -0.1) is 0 Å². The molecule has 17 heavy (non-hydrogen) atoms. The zero-order valence-electron chi connectivity index (χ0n) is 9.68. The Morgan fingerprint density at radius 1 is 1.47 bits per heavy atom. The van der Waals surface area contributed by atoms with E-state index in [1.807, 2.05) is 12.1 Å². The van der Waals surface area contributed by atoms with Crippen molar-refractivity contribution in [2.45, 2.75) is 19.3 Å². The quantitative estimate of drug-likeness (QED) is 0.461. The topological polar surface area (TPSA) is 51.5 Å². The van der Waals surface area contributed by atoms with Gasteiger partial charge in [-0.25, -0.2) is 0 Å². The predicted octanol–water partition coefficient (Wildman–Crippen LogP) is 3.25. The van der Waals surface area contributed by atoms with Crippen molar-refractivity contribution in [3.05, 3.63) is 41.2 Å². The van der Waals surface area contributed by atoms with Gasteiger partial charge in [0.25, 0.3) is 0 Å². The average molecular weight is 226 g/mol. The van der Waals surface area contributed by atoms with Crippen LogP contribution in [0.2, 0.25) is 0 Å².